The maximum absolute atomic E-state index is 13.6. The van der Waals surface area contributed by atoms with Gasteiger partial charge >= 0.3 is 29.8 Å². The quantitative estimate of drug-likeness (QED) is 0.0250. The second-order valence-corrected chi connectivity index (χ2v) is 18.9. The molecule has 0 unspecified atom stereocenters. The summed E-state index contributed by atoms with van der Waals surface area (Å²) in [5.74, 6) is -2.13. The Morgan fingerprint density at radius 3 is 1.06 bits per heavy atom. The zero-order chi connectivity index (χ0) is 47.0. The van der Waals surface area contributed by atoms with Gasteiger partial charge in [0.25, 0.3) is 0 Å². The molecule has 370 valence electrons. The average Bonchev–Trinajstić information content (AvgIpc) is 3.25. The van der Waals surface area contributed by atoms with E-state index in [0.29, 0.717) is 13.0 Å². The van der Waals surface area contributed by atoms with Crippen LogP contribution in [-0.4, -0.2) is 88.4 Å². The Kier molecular flexibility index (Phi) is 39.1. The van der Waals surface area contributed by atoms with Crippen molar-refractivity contribution in [2.45, 2.75) is 228 Å². The Labute approximate surface area is 385 Å². The summed E-state index contributed by atoms with van der Waals surface area (Å²) in [5, 5.41) is 0. The number of unbranched alkanes of at least 4 members (excludes halogenated alkanes) is 12. The van der Waals surface area contributed by atoms with Crippen LogP contribution in [0.5, 0.6) is 0 Å². The highest BCUT2D eigenvalue weighted by atomic mass is 16.6. The zero-order valence-corrected chi connectivity index (χ0v) is 42.0. The van der Waals surface area contributed by atoms with E-state index in [9.17, 15) is 24.0 Å². The third-order valence-corrected chi connectivity index (χ3v) is 12.1. The molecule has 0 bridgehead atoms. The molecule has 0 aliphatic carbocycles. The van der Waals surface area contributed by atoms with E-state index in [1.54, 1.807) is 0 Å². The van der Waals surface area contributed by atoms with Gasteiger partial charge in [0.2, 0.25) is 0 Å². The van der Waals surface area contributed by atoms with Gasteiger partial charge in [0, 0.05) is 19.3 Å². The van der Waals surface area contributed by atoms with E-state index < -0.39 is 48.3 Å². The maximum Gasteiger partial charge on any atom is 0.317 e. The van der Waals surface area contributed by atoms with Crippen LogP contribution in [0.15, 0.2) is 0 Å². The van der Waals surface area contributed by atoms with E-state index in [4.69, 9.17) is 23.7 Å². The topological polar surface area (TPSA) is 135 Å². The number of carbonyl (C=O) groups is 5. The van der Waals surface area contributed by atoms with Crippen molar-refractivity contribution < 1.29 is 47.7 Å². The molecule has 0 saturated heterocycles. The summed E-state index contributed by atoms with van der Waals surface area (Å²) in [7, 11) is 3.86. The second-order valence-electron chi connectivity index (χ2n) is 18.9. The molecule has 0 amide bonds. The minimum absolute atomic E-state index is 0.158. The molecule has 0 aliphatic heterocycles. The molecule has 11 nitrogen and oxygen atoms in total. The van der Waals surface area contributed by atoms with Crippen LogP contribution in [0.1, 0.15) is 228 Å². The normalized spacial score (nSPS) is 11.7. The standard InChI is InChI=1S/C52H97NO10/c1-9-15-21-28-44(29-22-16-10-2)36-48(55)61-41-52(40-60-47(54)34-27-35-53(7)8,42-62-49(56)37-45(30-23-17-11-3)31-24-18-12-4)43-63-51(58)38-50(57)59-39-46(32-25-19-13-5)33-26-20-14-6/h44-46H,9-43H2,1-8H3. The van der Waals surface area contributed by atoms with Gasteiger partial charge in [-0.05, 0) is 83.3 Å². The lowest BCUT2D eigenvalue weighted by atomic mass is 9.90. The van der Waals surface area contributed by atoms with Gasteiger partial charge in [0.05, 0.1) is 6.61 Å². The molecule has 0 fully saturated rings. The average molecular weight is 896 g/mol. The lowest BCUT2D eigenvalue weighted by molar-refractivity contribution is -0.172. The van der Waals surface area contributed by atoms with Crippen LogP contribution in [0, 0.1) is 23.2 Å². The molecular weight excluding hydrogens is 799 g/mol. The van der Waals surface area contributed by atoms with Gasteiger partial charge in [0.1, 0.15) is 38.3 Å². The molecule has 11 heteroatoms. The van der Waals surface area contributed by atoms with Gasteiger partial charge in [-0.15, -0.1) is 0 Å². The van der Waals surface area contributed by atoms with E-state index in [2.05, 4.69) is 41.5 Å². The highest BCUT2D eigenvalue weighted by Gasteiger charge is 2.38. The first-order valence-electron chi connectivity index (χ1n) is 25.8. The number of ether oxygens (including phenoxy) is 5. The van der Waals surface area contributed by atoms with E-state index in [-0.39, 0.29) is 63.4 Å². The maximum atomic E-state index is 13.6. The minimum Gasteiger partial charge on any atom is -0.465 e. The van der Waals surface area contributed by atoms with Crippen molar-refractivity contribution in [2.24, 2.45) is 23.2 Å². The summed E-state index contributed by atoms with van der Waals surface area (Å²) in [6.07, 6.45) is 25.9. The number of esters is 5. The number of nitrogens with zero attached hydrogens (tertiary/aromatic N) is 1. The fourth-order valence-corrected chi connectivity index (χ4v) is 7.92. The van der Waals surface area contributed by atoms with Gasteiger partial charge in [-0.1, -0.05) is 157 Å². The predicted octanol–water partition coefficient (Wildman–Crippen LogP) is 12.5. The molecule has 63 heavy (non-hydrogen) atoms. The minimum atomic E-state index is -1.40. The molecule has 0 heterocycles. The number of rotatable bonds is 44. The van der Waals surface area contributed by atoms with Gasteiger partial charge in [-0.25, -0.2) is 0 Å². The third kappa shape index (κ3) is 35.3. The van der Waals surface area contributed by atoms with E-state index in [0.717, 1.165) is 154 Å². The molecular formula is C52H97NO10. The molecule has 0 spiro atoms. The number of carbonyl (C=O) groups excluding carboxylic acids is 5. The van der Waals surface area contributed by atoms with Crippen molar-refractivity contribution in [3.05, 3.63) is 0 Å². The van der Waals surface area contributed by atoms with Crippen molar-refractivity contribution >= 4 is 29.8 Å². The number of hydrogen-bond donors (Lipinski definition) is 0. The monoisotopic (exact) mass is 896 g/mol. The summed E-state index contributed by atoms with van der Waals surface area (Å²) in [5.41, 5.74) is -1.40. The molecule has 0 aromatic carbocycles. The first-order chi connectivity index (χ1) is 30.4. The zero-order valence-electron chi connectivity index (χ0n) is 42.0. The summed E-state index contributed by atoms with van der Waals surface area (Å²) in [6.45, 7) is 12.6. The summed E-state index contributed by atoms with van der Waals surface area (Å²) >= 11 is 0. The van der Waals surface area contributed by atoms with Crippen LogP contribution in [0.3, 0.4) is 0 Å². The van der Waals surface area contributed by atoms with Crippen LogP contribution in [0.4, 0.5) is 0 Å². The van der Waals surface area contributed by atoms with Crippen LogP contribution in [-0.2, 0) is 47.7 Å². The van der Waals surface area contributed by atoms with Gasteiger partial charge in [-0.2, -0.15) is 0 Å². The Morgan fingerprint density at radius 1 is 0.397 bits per heavy atom. The highest BCUT2D eigenvalue weighted by molar-refractivity contribution is 5.91. The SMILES string of the molecule is CCCCCC(CCCCC)COC(=O)CC(=O)OCC(COC(=O)CCCN(C)C)(COC(=O)CC(CCCCC)CCCCC)COC(=O)CC(CCCCC)CCCCC. The van der Waals surface area contributed by atoms with Crippen molar-refractivity contribution in [1.82, 2.24) is 4.90 Å². The van der Waals surface area contributed by atoms with E-state index in [1.807, 2.05) is 19.0 Å². The highest BCUT2D eigenvalue weighted by Crippen LogP contribution is 2.27. The third-order valence-electron chi connectivity index (χ3n) is 12.1. The summed E-state index contributed by atoms with van der Waals surface area (Å²) in [6, 6.07) is 0. The number of hydrogen-bond acceptors (Lipinski definition) is 11. The lowest BCUT2D eigenvalue weighted by Gasteiger charge is -2.32. The summed E-state index contributed by atoms with van der Waals surface area (Å²) < 4.78 is 29.2. The smallest absolute Gasteiger partial charge is 0.317 e. The Hall–Kier alpha value is -2.69. The van der Waals surface area contributed by atoms with Gasteiger partial charge in [0.15, 0.2) is 0 Å². The Bertz CT molecular complexity index is 1090. The summed E-state index contributed by atoms with van der Waals surface area (Å²) in [4.78, 5) is 68.6. The van der Waals surface area contributed by atoms with Crippen molar-refractivity contribution in [2.75, 3.05) is 53.7 Å². The Balaban J connectivity index is 6.37. The van der Waals surface area contributed by atoms with Crippen LogP contribution in [0.25, 0.3) is 0 Å². The molecule has 0 aliphatic rings. The molecule has 0 aromatic rings. The van der Waals surface area contributed by atoms with Crippen LogP contribution < -0.4 is 0 Å². The second kappa shape index (κ2) is 40.8. The molecule has 0 radical (unpaired) electrons. The molecule has 0 N–H and O–H groups in total. The van der Waals surface area contributed by atoms with Crippen molar-refractivity contribution in [3.63, 3.8) is 0 Å². The lowest BCUT2D eigenvalue weighted by Crippen LogP contribution is -2.44. The molecule has 0 rings (SSSR count). The van der Waals surface area contributed by atoms with Crippen LogP contribution in [0.2, 0.25) is 0 Å². The van der Waals surface area contributed by atoms with E-state index in [1.165, 1.54) is 0 Å². The van der Waals surface area contributed by atoms with Crippen LogP contribution >= 0.6 is 0 Å². The first kappa shape index (κ1) is 60.3. The van der Waals surface area contributed by atoms with Crippen molar-refractivity contribution in [3.8, 4) is 0 Å². The fraction of sp³-hybridized carbons (Fsp3) is 0.904. The molecule has 0 atom stereocenters. The van der Waals surface area contributed by atoms with E-state index >= 15 is 0 Å². The van der Waals surface area contributed by atoms with Crippen molar-refractivity contribution in [1.29, 1.82) is 0 Å². The van der Waals surface area contributed by atoms with Gasteiger partial charge in [-0.3, -0.25) is 24.0 Å². The first-order valence-corrected chi connectivity index (χ1v) is 25.8. The largest absolute Gasteiger partial charge is 0.465 e. The predicted molar refractivity (Wildman–Crippen MR) is 254 cm³/mol. The Morgan fingerprint density at radius 2 is 0.714 bits per heavy atom. The molecule has 0 aromatic heterocycles. The molecule has 0 saturated carbocycles. The van der Waals surface area contributed by atoms with Gasteiger partial charge < -0.3 is 28.6 Å². The fourth-order valence-electron chi connectivity index (χ4n) is 7.92.